The van der Waals surface area contributed by atoms with Gasteiger partial charge in [-0.3, -0.25) is 4.57 Å². The maximum atomic E-state index is 10.1. The topological polar surface area (TPSA) is 35.9 Å². The third-order valence-corrected chi connectivity index (χ3v) is 15.1. The van der Waals surface area contributed by atoms with Crippen LogP contribution in [0.25, 0.3) is 72.3 Å². The van der Waals surface area contributed by atoms with Crippen molar-refractivity contribution in [3.8, 4) is 50.9 Å². The van der Waals surface area contributed by atoms with E-state index in [1.165, 1.54) is 5.56 Å². The van der Waals surface area contributed by atoms with Crippen molar-refractivity contribution in [2.75, 3.05) is 0 Å². The molecule has 0 amide bonds. The van der Waals surface area contributed by atoms with E-state index < -0.39 is 21.7 Å². The summed E-state index contributed by atoms with van der Waals surface area (Å²) in [6, 6.07) is 43.3. The van der Waals surface area contributed by atoms with Crippen LogP contribution in [-0.4, -0.2) is 14.1 Å². The quantitative estimate of drug-likeness (QED) is 0.118. The summed E-state index contributed by atoms with van der Waals surface area (Å²) in [5, 5.41) is 2.10. The Bertz CT molecular complexity index is 4050. The summed E-state index contributed by atoms with van der Waals surface area (Å²) >= 11 is 0. The van der Waals surface area contributed by atoms with Crippen molar-refractivity contribution in [2.24, 2.45) is 0 Å². The molecule has 0 N–H and O–H groups in total. The summed E-state index contributed by atoms with van der Waals surface area (Å²) < 4.78 is 71.8. The van der Waals surface area contributed by atoms with E-state index in [0.717, 1.165) is 73.8 Å². The molecule has 0 spiro atoms. The molecule has 0 fully saturated rings. The molecule has 0 saturated carbocycles. The van der Waals surface area contributed by atoms with Gasteiger partial charge in [0.2, 0.25) is 0 Å². The molecule has 2 aliphatic carbocycles. The number of benzene rings is 7. The van der Waals surface area contributed by atoms with E-state index in [0.29, 0.717) is 45.1 Å². The SMILES string of the molecule is [2H]c1c([2H])c2c(c([2H])c1-c1cccc(-c3c([2H])c([2H])c4c(c3[2H])C(C)(C)CC4(C)C)c1-[n+]1[c-]n(-c3[c-]c(Oc4[c-]c5c(cc4)c4ccccc4n5-c4cc(C(C)(C)C)ccn4)ccc3)c3ccccc31)C(C)(C)CC2(C)C.[Pt]. The molecule has 0 atom stereocenters. The molecule has 6 heteroatoms. The maximum Gasteiger partial charge on any atom is 0.268 e. The molecule has 3 heterocycles. The Balaban J connectivity index is 0.00000645. The fourth-order valence-electron chi connectivity index (χ4n) is 12.2. The van der Waals surface area contributed by atoms with Crippen LogP contribution >= 0.6 is 0 Å². The molecule has 7 aromatic carbocycles. The van der Waals surface area contributed by atoms with Crippen molar-refractivity contribution >= 4 is 32.8 Å². The molecule has 3 aromatic heterocycles. The zero-order valence-electron chi connectivity index (χ0n) is 48.9. The van der Waals surface area contributed by atoms with Crippen molar-refractivity contribution in [1.29, 1.82) is 0 Å². The van der Waals surface area contributed by atoms with Crippen molar-refractivity contribution in [3.05, 3.63) is 198 Å². The van der Waals surface area contributed by atoms with Gasteiger partial charge in [-0.05, 0) is 119 Å². The summed E-state index contributed by atoms with van der Waals surface area (Å²) in [6.45, 7) is 23.5. The molecule has 0 bridgehead atoms. The van der Waals surface area contributed by atoms with Gasteiger partial charge in [-0.2, -0.15) is 18.2 Å². The van der Waals surface area contributed by atoms with Crippen LogP contribution in [0.2, 0.25) is 0 Å². The van der Waals surface area contributed by atoms with Crippen molar-refractivity contribution in [1.82, 2.24) is 14.1 Å². The number of hydrogen-bond donors (Lipinski definition) is 0. The van der Waals surface area contributed by atoms with Crippen molar-refractivity contribution in [2.45, 2.75) is 116 Å². The largest absolute Gasteiger partial charge is 0.510 e. The summed E-state index contributed by atoms with van der Waals surface area (Å²) in [5.41, 5.74) is 8.34. The van der Waals surface area contributed by atoms with Gasteiger partial charge in [0, 0.05) is 44.3 Å². The monoisotopic (exact) mass is 1130 g/mol. The number of para-hydroxylation sites is 4. The maximum absolute atomic E-state index is 10.1. The number of pyridine rings is 1. The van der Waals surface area contributed by atoms with Gasteiger partial charge in [0.25, 0.3) is 6.33 Å². The van der Waals surface area contributed by atoms with Crippen LogP contribution in [0.4, 0.5) is 0 Å². The van der Waals surface area contributed by atoms with Gasteiger partial charge < -0.3 is 13.9 Å². The van der Waals surface area contributed by atoms with E-state index in [-0.39, 0.29) is 62.7 Å². The van der Waals surface area contributed by atoms with Crippen LogP contribution in [-0.2, 0) is 48.1 Å². The first-order chi connectivity index (χ1) is 36.3. The molecule has 0 radical (unpaired) electrons. The fourth-order valence-corrected chi connectivity index (χ4v) is 12.2. The number of nitrogens with zero attached hydrogens (tertiary/aromatic N) is 4. The molecular formula is C66H62N4OPt-2. The van der Waals surface area contributed by atoms with E-state index in [4.69, 9.17) is 9.72 Å². The minimum atomic E-state index is -0.456. The van der Waals surface area contributed by atoms with Crippen LogP contribution in [0.3, 0.4) is 0 Å². The summed E-state index contributed by atoms with van der Waals surface area (Å²) in [7, 11) is 0. The van der Waals surface area contributed by atoms with Crippen molar-refractivity contribution < 1.29 is 38.6 Å². The Kier molecular flexibility index (Phi) is 9.53. The van der Waals surface area contributed by atoms with E-state index in [2.05, 4.69) is 130 Å². The van der Waals surface area contributed by atoms with E-state index >= 15 is 0 Å². The third-order valence-electron chi connectivity index (χ3n) is 15.1. The Labute approximate surface area is 448 Å². The summed E-state index contributed by atoms with van der Waals surface area (Å²) in [6.07, 6.45) is 6.98. The molecule has 5 nitrogen and oxygen atoms in total. The second kappa shape index (κ2) is 16.8. The molecule has 2 aliphatic rings. The Morgan fingerprint density at radius 1 is 0.611 bits per heavy atom. The Hall–Kier alpha value is -6.55. The first-order valence-corrected chi connectivity index (χ1v) is 24.8. The van der Waals surface area contributed by atoms with Crippen LogP contribution in [0, 0.1) is 18.5 Å². The minimum absolute atomic E-state index is 0. The van der Waals surface area contributed by atoms with Gasteiger partial charge in [0.1, 0.15) is 5.82 Å². The number of aromatic nitrogens is 4. The van der Waals surface area contributed by atoms with Gasteiger partial charge in [0.05, 0.1) is 24.9 Å². The van der Waals surface area contributed by atoms with Gasteiger partial charge in [-0.25, -0.2) is 4.98 Å². The van der Waals surface area contributed by atoms with E-state index in [9.17, 15) is 8.22 Å². The first kappa shape index (κ1) is 41.0. The second-order valence-corrected chi connectivity index (χ2v) is 23.4. The van der Waals surface area contributed by atoms with Crippen molar-refractivity contribution in [3.63, 3.8) is 0 Å². The minimum Gasteiger partial charge on any atom is -0.510 e. The van der Waals surface area contributed by atoms with Crippen LogP contribution in [0.5, 0.6) is 11.5 Å². The molecule has 72 heavy (non-hydrogen) atoms. The number of imidazole rings is 1. The van der Waals surface area contributed by atoms with Crippen LogP contribution in [0.15, 0.2) is 152 Å². The first-order valence-electron chi connectivity index (χ1n) is 27.8. The zero-order chi connectivity index (χ0) is 54.6. The Morgan fingerprint density at radius 3 is 1.85 bits per heavy atom. The van der Waals surface area contributed by atoms with E-state index in [1.54, 1.807) is 0 Å². The third kappa shape index (κ3) is 7.77. The average Bonchev–Trinajstić information content (AvgIpc) is 4.19. The number of rotatable bonds is 7. The molecule has 0 unspecified atom stereocenters. The number of hydrogen-bond acceptors (Lipinski definition) is 2. The van der Waals surface area contributed by atoms with Gasteiger partial charge in [0.15, 0.2) is 0 Å². The van der Waals surface area contributed by atoms with Gasteiger partial charge in [-0.15, -0.1) is 29.7 Å². The average molecular weight is 1130 g/mol. The predicted octanol–water partition coefficient (Wildman–Crippen LogP) is 16.1. The number of fused-ring (bicyclic) bond motifs is 6. The summed E-state index contributed by atoms with van der Waals surface area (Å²) in [4.78, 5) is 4.86. The normalized spacial score (nSPS) is 17.4. The van der Waals surface area contributed by atoms with E-state index in [1.807, 2.05) is 94.2 Å². The second-order valence-electron chi connectivity index (χ2n) is 23.4. The summed E-state index contributed by atoms with van der Waals surface area (Å²) in [5.74, 6) is 1.74. The van der Waals surface area contributed by atoms with Gasteiger partial charge in [-0.1, -0.05) is 179 Å². The standard InChI is InChI=1S/C66H62N4O.Pt/c1-62(2,3)44-32-33-67-60(36-44)70-56-23-13-12-20-50(56)51-29-28-47(38-59(51)70)71-46-19-16-18-45(37-46)68-41-69(58-25-15-14-24-57(58)68)61-48(42-26-30-52-54(34-42)65(8,9)39-63(52,4)5)21-17-22-49(61)43-27-31-53-55(35-43)66(10,11)40-64(53,6)7;/h12-36H,39-40H2,1-11H3;/q-2;/i26D,27D,30D,31D,34D,35D;. The smallest absolute Gasteiger partial charge is 0.268 e. The van der Waals surface area contributed by atoms with Gasteiger partial charge >= 0.3 is 0 Å². The van der Waals surface area contributed by atoms with Crippen LogP contribution in [0.1, 0.15) is 125 Å². The molecule has 0 aliphatic heterocycles. The Morgan fingerprint density at radius 2 is 1.19 bits per heavy atom. The molecular weight excluding hydrogens is 1060 g/mol. The predicted molar refractivity (Wildman–Crippen MR) is 291 cm³/mol. The molecule has 364 valence electrons. The number of ether oxygens (including phenoxy) is 1. The molecule has 12 rings (SSSR count). The fraction of sp³-hybridized carbons (Fsp3) is 0.273. The molecule has 0 saturated heterocycles. The zero-order valence-corrected chi connectivity index (χ0v) is 45.2. The molecule has 10 aromatic rings. The van der Waals surface area contributed by atoms with Crippen LogP contribution < -0.4 is 9.30 Å².